The molecule has 0 spiro atoms. The molecule has 4 heterocycles. The van der Waals surface area contributed by atoms with Gasteiger partial charge >= 0.3 is 5.69 Å². The Hall–Kier alpha value is -2.82. The van der Waals surface area contributed by atoms with Gasteiger partial charge in [0.1, 0.15) is 18.3 Å². The summed E-state index contributed by atoms with van der Waals surface area (Å²) in [5.74, 6) is -1.14. The predicted molar refractivity (Wildman–Crippen MR) is 105 cm³/mol. The fourth-order valence-corrected chi connectivity index (χ4v) is 3.89. The van der Waals surface area contributed by atoms with Crippen molar-refractivity contribution in [2.45, 2.75) is 50.9 Å². The molecule has 30 heavy (non-hydrogen) atoms. The number of hydrogen-bond acceptors (Lipinski definition) is 7. The molecule has 0 aromatic carbocycles. The largest absolute Gasteiger partial charge is 0.371 e. The summed E-state index contributed by atoms with van der Waals surface area (Å²) >= 11 is 0. The van der Waals surface area contributed by atoms with Gasteiger partial charge in [-0.25, -0.2) is 4.79 Å². The van der Waals surface area contributed by atoms with Crippen molar-refractivity contribution in [3.05, 3.63) is 62.7 Å². The topological polar surface area (TPSA) is 125 Å². The summed E-state index contributed by atoms with van der Waals surface area (Å²) in [6.45, 7) is 5.81. The van der Waals surface area contributed by atoms with E-state index in [1.807, 2.05) is 6.92 Å². The van der Waals surface area contributed by atoms with Gasteiger partial charge in [0.05, 0.1) is 18.2 Å². The first-order valence-corrected chi connectivity index (χ1v) is 9.72. The smallest absolute Gasteiger partial charge is 0.328 e. The maximum absolute atomic E-state index is 12.5. The number of aromatic nitrogens is 3. The van der Waals surface area contributed by atoms with E-state index in [2.05, 4.69) is 15.3 Å². The van der Waals surface area contributed by atoms with Gasteiger partial charge in [-0.05, 0) is 32.4 Å². The van der Waals surface area contributed by atoms with Crippen LogP contribution in [0.2, 0.25) is 0 Å². The quantitative estimate of drug-likeness (QED) is 0.726. The highest BCUT2D eigenvalue weighted by atomic mass is 16.8. The highest BCUT2D eigenvalue weighted by Crippen LogP contribution is 2.39. The zero-order chi connectivity index (χ0) is 21.5. The number of carbonyl (C=O) groups excluding carboxylic acids is 1. The number of carbonyl (C=O) groups is 1. The highest BCUT2D eigenvalue weighted by Gasteiger charge is 2.52. The van der Waals surface area contributed by atoms with Crippen molar-refractivity contribution in [1.82, 2.24) is 19.9 Å². The number of H-pyrrole nitrogens is 1. The van der Waals surface area contributed by atoms with E-state index in [-0.39, 0.29) is 19.1 Å². The molecule has 2 N–H and O–H groups in total. The predicted octanol–water partition coefficient (Wildman–Crippen LogP) is 0.130. The van der Waals surface area contributed by atoms with Crippen LogP contribution in [-0.2, 0) is 14.2 Å². The van der Waals surface area contributed by atoms with Gasteiger partial charge < -0.3 is 19.5 Å². The minimum Gasteiger partial charge on any atom is -0.371 e. The normalized spacial score (nSPS) is 27.4. The number of nitrogens with zero attached hydrogens (tertiary/aromatic N) is 2. The Morgan fingerprint density at radius 2 is 2.07 bits per heavy atom. The highest BCUT2D eigenvalue weighted by molar-refractivity contribution is 5.94. The summed E-state index contributed by atoms with van der Waals surface area (Å²) in [6, 6.07) is 2.55. The first-order chi connectivity index (χ1) is 14.2. The Labute approximate surface area is 172 Å². The Bertz CT molecular complexity index is 1060. The van der Waals surface area contributed by atoms with Gasteiger partial charge in [0.2, 0.25) is 0 Å². The molecule has 2 aliphatic heterocycles. The lowest BCUT2D eigenvalue weighted by atomic mass is 9.97. The van der Waals surface area contributed by atoms with E-state index in [1.54, 1.807) is 26.1 Å². The Balaban J connectivity index is 1.51. The first-order valence-electron chi connectivity index (χ1n) is 9.72. The molecule has 0 saturated carbocycles. The molecule has 0 unspecified atom stereocenters. The average Bonchev–Trinajstić information content (AvgIpc) is 3.01. The number of hydrogen-bond donors (Lipinski definition) is 2. The molecule has 0 radical (unpaired) electrons. The number of rotatable bonds is 4. The van der Waals surface area contributed by atoms with E-state index >= 15 is 0 Å². The number of pyridine rings is 1. The number of aryl methyl sites for hydroxylation is 1. The zero-order valence-electron chi connectivity index (χ0n) is 17.0. The molecule has 160 valence electrons. The van der Waals surface area contributed by atoms with Crippen LogP contribution in [0.4, 0.5) is 0 Å². The van der Waals surface area contributed by atoms with Gasteiger partial charge in [-0.1, -0.05) is 0 Å². The van der Waals surface area contributed by atoms with Crippen LogP contribution < -0.4 is 16.6 Å². The number of ether oxygens (including phenoxy) is 3. The van der Waals surface area contributed by atoms with E-state index in [1.165, 1.54) is 23.0 Å². The first kappa shape index (κ1) is 20.5. The summed E-state index contributed by atoms with van der Waals surface area (Å²) < 4.78 is 19.5. The van der Waals surface area contributed by atoms with Crippen molar-refractivity contribution in [3.63, 3.8) is 0 Å². The Morgan fingerprint density at radius 1 is 1.30 bits per heavy atom. The zero-order valence-corrected chi connectivity index (χ0v) is 17.0. The lowest BCUT2D eigenvalue weighted by Gasteiger charge is -2.37. The summed E-state index contributed by atoms with van der Waals surface area (Å²) in [5.41, 5.74) is 0.338. The van der Waals surface area contributed by atoms with Gasteiger partial charge in [-0.2, -0.15) is 0 Å². The maximum atomic E-state index is 12.5. The second-order valence-electron chi connectivity index (χ2n) is 7.98. The van der Waals surface area contributed by atoms with Gasteiger partial charge in [0.15, 0.2) is 5.79 Å². The fraction of sp³-hybridized carbons (Fsp3) is 0.500. The number of amides is 1. The molecule has 2 fully saturated rings. The van der Waals surface area contributed by atoms with Gasteiger partial charge in [-0.15, -0.1) is 0 Å². The molecule has 1 amide bonds. The standard InChI is InChI=1S/C20H24N4O6/c1-11-6-12(8-21-7-11)18(26)22-9-14-17-16(29-20(2,3)30-17)13(10-28-14)24-5-4-15(25)23-19(24)27/h4-8,13-14,16-17H,9-10H2,1-3H3,(H,22,26)(H,23,25,27)/t13-,14-,16+,17-/m1/s1. The molecule has 10 nitrogen and oxygen atoms in total. The third kappa shape index (κ3) is 4.07. The Kier molecular flexibility index (Phi) is 5.31. The van der Waals surface area contributed by atoms with Crippen LogP contribution in [0, 0.1) is 6.92 Å². The minimum atomic E-state index is -0.879. The van der Waals surface area contributed by atoms with Crippen molar-refractivity contribution in [3.8, 4) is 0 Å². The number of nitrogens with one attached hydrogen (secondary N) is 2. The SMILES string of the molecule is Cc1cncc(C(=O)NC[C@H]2OC[C@@H](n3ccc(=O)[nH]c3=O)[C@@H]3OC(C)(C)O[C@@H]32)c1. The van der Waals surface area contributed by atoms with E-state index < -0.39 is 41.4 Å². The molecule has 4 rings (SSSR count). The molecule has 0 bridgehead atoms. The fourth-order valence-electron chi connectivity index (χ4n) is 3.89. The van der Waals surface area contributed by atoms with Crippen LogP contribution >= 0.6 is 0 Å². The van der Waals surface area contributed by atoms with Crippen molar-refractivity contribution in [2.75, 3.05) is 13.2 Å². The van der Waals surface area contributed by atoms with Gasteiger partial charge in [-0.3, -0.25) is 24.1 Å². The molecule has 4 atom stereocenters. The van der Waals surface area contributed by atoms with Crippen LogP contribution in [0.15, 0.2) is 40.3 Å². The molecule has 2 saturated heterocycles. The van der Waals surface area contributed by atoms with Crippen molar-refractivity contribution in [1.29, 1.82) is 0 Å². The third-order valence-electron chi connectivity index (χ3n) is 5.20. The molecule has 2 aromatic rings. The van der Waals surface area contributed by atoms with Crippen molar-refractivity contribution >= 4 is 5.91 Å². The number of aromatic amines is 1. The lowest BCUT2D eigenvalue weighted by molar-refractivity contribution is -0.153. The summed E-state index contributed by atoms with van der Waals surface area (Å²) in [5, 5.41) is 2.85. The maximum Gasteiger partial charge on any atom is 0.328 e. The van der Waals surface area contributed by atoms with E-state index in [0.29, 0.717) is 5.56 Å². The molecule has 2 aliphatic rings. The van der Waals surface area contributed by atoms with Crippen LogP contribution in [0.3, 0.4) is 0 Å². The average molecular weight is 416 g/mol. The third-order valence-corrected chi connectivity index (χ3v) is 5.20. The minimum absolute atomic E-state index is 0.166. The van der Waals surface area contributed by atoms with Crippen molar-refractivity contribution in [2.24, 2.45) is 0 Å². The van der Waals surface area contributed by atoms with Crippen LogP contribution in [0.5, 0.6) is 0 Å². The van der Waals surface area contributed by atoms with E-state index in [9.17, 15) is 14.4 Å². The van der Waals surface area contributed by atoms with Crippen LogP contribution in [0.25, 0.3) is 0 Å². The molecular formula is C20H24N4O6. The van der Waals surface area contributed by atoms with Crippen LogP contribution in [0.1, 0.15) is 35.8 Å². The van der Waals surface area contributed by atoms with E-state index in [0.717, 1.165) is 5.56 Å². The summed E-state index contributed by atoms with van der Waals surface area (Å²) in [7, 11) is 0. The van der Waals surface area contributed by atoms with Gasteiger partial charge in [0.25, 0.3) is 11.5 Å². The second kappa shape index (κ2) is 7.78. The van der Waals surface area contributed by atoms with Crippen molar-refractivity contribution < 1.29 is 19.0 Å². The second-order valence-corrected chi connectivity index (χ2v) is 7.98. The monoisotopic (exact) mass is 416 g/mol. The van der Waals surface area contributed by atoms with Crippen LogP contribution in [-0.4, -0.2) is 57.7 Å². The van der Waals surface area contributed by atoms with Gasteiger partial charge in [0, 0.05) is 31.2 Å². The molecule has 10 heteroatoms. The summed E-state index contributed by atoms with van der Waals surface area (Å²) in [4.78, 5) is 42.4. The molecule has 2 aromatic heterocycles. The summed E-state index contributed by atoms with van der Waals surface area (Å²) in [6.07, 6.45) is 3.15. The molecule has 0 aliphatic carbocycles. The van der Waals surface area contributed by atoms with E-state index in [4.69, 9.17) is 14.2 Å². The molecular weight excluding hydrogens is 392 g/mol. The number of fused-ring (bicyclic) bond motifs is 1. The lowest BCUT2D eigenvalue weighted by Crippen LogP contribution is -2.54. The Morgan fingerprint density at radius 3 is 2.80 bits per heavy atom.